The molecule has 1 heterocycles. The molecule has 0 saturated carbocycles. The van der Waals surface area contributed by atoms with Gasteiger partial charge in [-0.15, -0.1) is 0 Å². The number of likely N-dealkylation sites (N-methyl/N-ethyl adjacent to an activating group) is 1. The summed E-state index contributed by atoms with van der Waals surface area (Å²) in [5, 5.41) is 2.59. The quantitative estimate of drug-likeness (QED) is 0.468. The van der Waals surface area contributed by atoms with Gasteiger partial charge in [-0.1, -0.05) is 0 Å². The number of aromatic amines is 1. The van der Waals surface area contributed by atoms with Crippen molar-refractivity contribution in [2.24, 2.45) is 0 Å². The first-order chi connectivity index (χ1) is 8.51. The molecule has 1 aromatic rings. The Morgan fingerprint density at radius 3 is 2.72 bits per heavy atom. The zero-order valence-corrected chi connectivity index (χ0v) is 11.5. The SMILES string of the molecule is CCOC(=O)C(NC)C(=O)c1c[nH]c(=O)c(Br)c1. The lowest BCUT2D eigenvalue weighted by atomic mass is 10.1. The normalized spacial score (nSPS) is 11.9. The number of ketones is 1. The summed E-state index contributed by atoms with van der Waals surface area (Å²) in [6, 6.07) is 0.285. The summed E-state index contributed by atoms with van der Waals surface area (Å²) in [7, 11) is 1.49. The lowest BCUT2D eigenvalue weighted by molar-refractivity contribution is -0.144. The van der Waals surface area contributed by atoms with Crippen molar-refractivity contribution in [3.05, 3.63) is 32.7 Å². The third-order valence-electron chi connectivity index (χ3n) is 2.22. The number of hydrogen-bond acceptors (Lipinski definition) is 5. The molecule has 0 aromatic carbocycles. The van der Waals surface area contributed by atoms with Crippen LogP contribution >= 0.6 is 15.9 Å². The number of H-pyrrole nitrogens is 1. The molecule has 0 aliphatic heterocycles. The van der Waals surface area contributed by atoms with E-state index in [1.807, 2.05) is 0 Å². The van der Waals surface area contributed by atoms with Crippen molar-refractivity contribution >= 4 is 27.7 Å². The van der Waals surface area contributed by atoms with Gasteiger partial charge < -0.3 is 15.0 Å². The molecule has 0 fully saturated rings. The van der Waals surface area contributed by atoms with E-state index in [1.165, 1.54) is 19.3 Å². The number of halogens is 1. The molecule has 18 heavy (non-hydrogen) atoms. The van der Waals surface area contributed by atoms with Gasteiger partial charge >= 0.3 is 5.97 Å². The Kier molecular flexibility index (Phi) is 5.24. The first-order valence-corrected chi connectivity index (χ1v) is 6.06. The van der Waals surface area contributed by atoms with Crippen LogP contribution in [0.1, 0.15) is 17.3 Å². The summed E-state index contributed by atoms with van der Waals surface area (Å²) in [6.45, 7) is 1.85. The van der Waals surface area contributed by atoms with Gasteiger partial charge in [0.2, 0.25) is 0 Å². The summed E-state index contributed by atoms with van der Waals surface area (Å²) < 4.78 is 5.01. The maximum Gasteiger partial charge on any atom is 0.331 e. The molecule has 6 nitrogen and oxygen atoms in total. The van der Waals surface area contributed by atoms with Crippen molar-refractivity contribution in [3.8, 4) is 0 Å². The fourth-order valence-corrected chi connectivity index (χ4v) is 1.71. The van der Waals surface area contributed by atoms with E-state index in [-0.39, 0.29) is 22.2 Å². The molecule has 0 bridgehead atoms. The average Bonchev–Trinajstić information content (AvgIpc) is 2.33. The molecule has 0 amide bonds. The molecule has 0 saturated heterocycles. The highest BCUT2D eigenvalue weighted by molar-refractivity contribution is 9.10. The number of rotatable bonds is 5. The van der Waals surface area contributed by atoms with E-state index >= 15 is 0 Å². The second-order valence-electron chi connectivity index (χ2n) is 3.40. The van der Waals surface area contributed by atoms with Gasteiger partial charge in [-0.25, -0.2) is 4.79 Å². The number of nitrogens with one attached hydrogen (secondary N) is 2. The fourth-order valence-electron chi connectivity index (χ4n) is 1.35. The minimum absolute atomic E-state index is 0.194. The monoisotopic (exact) mass is 316 g/mol. The van der Waals surface area contributed by atoms with Crippen molar-refractivity contribution in [1.29, 1.82) is 0 Å². The summed E-state index contributed by atoms with van der Waals surface area (Å²) in [4.78, 5) is 37.1. The van der Waals surface area contributed by atoms with Crippen LogP contribution in [0.25, 0.3) is 0 Å². The van der Waals surface area contributed by atoms with Gasteiger partial charge in [0, 0.05) is 11.8 Å². The highest BCUT2D eigenvalue weighted by atomic mass is 79.9. The maximum absolute atomic E-state index is 12.0. The first kappa shape index (κ1) is 14.6. The molecule has 1 atom stereocenters. The summed E-state index contributed by atoms with van der Waals surface area (Å²) in [5.74, 6) is -1.11. The van der Waals surface area contributed by atoms with Crippen LogP contribution < -0.4 is 10.9 Å². The lowest BCUT2D eigenvalue weighted by Crippen LogP contribution is -2.42. The number of carbonyl (C=O) groups excluding carboxylic acids is 2. The number of esters is 1. The molecule has 7 heteroatoms. The summed E-state index contributed by atoms with van der Waals surface area (Å²) in [6.07, 6.45) is 1.26. The topological polar surface area (TPSA) is 88.3 Å². The second-order valence-corrected chi connectivity index (χ2v) is 4.26. The van der Waals surface area contributed by atoms with Crippen LogP contribution in [0.15, 0.2) is 21.5 Å². The predicted molar refractivity (Wildman–Crippen MR) is 68.6 cm³/mol. The molecular weight excluding hydrogens is 304 g/mol. The Balaban J connectivity index is 3.00. The number of aromatic nitrogens is 1. The van der Waals surface area contributed by atoms with Crippen LogP contribution in [0.2, 0.25) is 0 Å². The van der Waals surface area contributed by atoms with Crippen LogP contribution in [0.4, 0.5) is 0 Å². The highest BCUT2D eigenvalue weighted by Crippen LogP contribution is 2.08. The first-order valence-electron chi connectivity index (χ1n) is 5.27. The molecule has 1 aromatic heterocycles. The van der Waals surface area contributed by atoms with E-state index in [2.05, 4.69) is 26.2 Å². The van der Waals surface area contributed by atoms with E-state index in [1.54, 1.807) is 6.92 Å². The van der Waals surface area contributed by atoms with Gasteiger partial charge in [-0.3, -0.25) is 9.59 Å². The van der Waals surface area contributed by atoms with Gasteiger partial charge in [0.15, 0.2) is 11.8 Å². The second kappa shape index (κ2) is 6.46. The molecule has 2 N–H and O–H groups in total. The highest BCUT2D eigenvalue weighted by Gasteiger charge is 2.27. The number of carbonyl (C=O) groups is 2. The molecule has 0 spiro atoms. The zero-order chi connectivity index (χ0) is 13.7. The van der Waals surface area contributed by atoms with E-state index < -0.39 is 17.8 Å². The predicted octanol–water partition coefficient (Wildman–Crippen LogP) is 0.471. The van der Waals surface area contributed by atoms with E-state index in [4.69, 9.17) is 4.74 Å². The Bertz CT molecular complexity index is 512. The average molecular weight is 317 g/mol. The van der Waals surface area contributed by atoms with Gasteiger partial charge in [0.05, 0.1) is 11.1 Å². The van der Waals surface area contributed by atoms with Crippen molar-refractivity contribution in [2.75, 3.05) is 13.7 Å². The van der Waals surface area contributed by atoms with Crippen LogP contribution in [-0.2, 0) is 9.53 Å². The van der Waals surface area contributed by atoms with Gasteiger partial charge in [0.1, 0.15) is 0 Å². The van der Waals surface area contributed by atoms with E-state index in [0.717, 1.165) is 0 Å². The van der Waals surface area contributed by atoms with E-state index in [9.17, 15) is 14.4 Å². The largest absolute Gasteiger partial charge is 0.464 e. The zero-order valence-electron chi connectivity index (χ0n) is 9.95. The molecule has 0 radical (unpaired) electrons. The van der Waals surface area contributed by atoms with Crippen molar-refractivity contribution in [1.82, 2.24) is 10.3 Å². The van der Waals surface area contributed by atoms with Crippen molar-refractivity contribution < 1.29 is 14.3 Å². The lowest BCUT2D eigenvalue weighted by Gasteiger charge is -2.13. The fraction of sp³-hybridized carbons (Fsp3) is 0.364. The molecule has 0 aliphatic carbocycles. The van der Waals surface area contributed by atoms with Crippen LogP contribution in [-0.4, -0.2) is 36.4 Å². The summed E-state index contributed by atoms with van der Waals surface area (Å²) >= 11 is 3.02. The Labute approximate surface area is 112 Å². The Morgan fingerprint density at radius 2 is 2.22 bits per heavy atom. The van der Waals surface area contributed by atoms with E-state index in [0.29, 0.717) is 0 Å². The summed E-state index contributed by atoms with van der Waals surface area (Å²) in [5.41, 5.74) is -0.127. The molecule has 98 valence electrons. The third kappa shape index (κ3) is 3.27. The Hall–Kier alpha value is -1.47. The third-order valence-corrected chi connectivity index (χ3v) is 2.80. The smallest absolute Gasteiger partial charge is 0.331 e. The van der Waals surface area contributed by atoms with Crippen LogP contribution in [0.5, 0.6) is 0 Å². The maximum atomic E-state index is 12.0. The molecule has 1 unspecified atom stereocenters. The van der Waals surface area contributed by atoms with Crippen molar-refractivity contribution in [3.63, 3.8) is 0 Å². The minimum atomic E-state index is -1.08. The van der Waals surface area contributed by atoms with Gasteiger partial charge in [0.25, 0.3) is 5.56 Å². The number of ether oxygens (including phenoxy) is 1. The standard InChI is InChI=1S/C11H13BrN2O4/c1-3-18-11(17)8(13-2)9(15)6-4-7(12)10(16)14-5-6/h4-5,8,13H,3H2,1-2H3,(H,14,16). The number of pyridine rings is 1. The Morgan fingerprint density at radius 1 is 1.56 bits per heavy atom. The van der Waals surface area contributed by atoms with Crippen molar-refractivity contribution in [2.45, 2.75) is 13.0 Å². The minimum Gasteiger partial charge on any atom is -0.464 e. The molecule has 1 rings (SSSR count). The number of hydrogen-bond donors (Lipinski definition) is 2. The van der Waals surface area contributed by atoms with Gasteiger partial charge in [-0.2, -0.15) is 0 Å². The van der Waals surface area contributed by atoms with Crippen LogP contribution in [0.3, 0.4) is 0 Å². The molecule has 0 aliphatic rings. The number of Topliss-reactive ketones (excluding diaryl/α,β-unsaturated/α-hetero) is 1. The van der Waals surface area contributed by atoms with Gasteiger partial charge in [-0.05, 0) is 36.0 Å². The molecular formula is C11H13BrN2O4. The van der Waals surface area contributed by atoms with Crippen LogP contribution in [0, 0.1) is 0 Å².